The number of pyridine rings is 1. The van der Waals surface area contributed by atoms with Crippen LogP contribution >= 0.6 is 11.6 Å². The smallest absolute Gasteiger partial charge is 0.270 e. The van der Waals surface area contributed by atoms with Crippen molar-refractivity contribution >= 4 is 28.9 Å². The van der Waals surface area contributed by atoms with Crippen molar-refractivity contribution in [1.29, 1.82) is 0 Å². The van der Waals surface area contributed by atoms with Crippen LogP contribution < -0.4 is 15.4 Å². The average Bonchev–Trinajstić information content (AvgIpc) is 2.66. The zero-order chi connectivity index (χ0) is 18.5. The molecular weight excluding hydrogens is 350 g/mol. The minimum absolute atomic E-state index is 0.108. The molecule has 2 N–H and O–H groups in total. The van der Waals surface area contributed by atoms with Gasteiger partial charge in [-0.2, -0.15) is 0 Å². The second-order valence-electron chi connectivity index (χ2n) is 6.67. The molecule has 0 unspecified atom stereocenters. The molecule has 1 fully saturated rings. The number of aromatic nitrogens is 1. The molecule has 1 aliphatic carbocycles. The van der Waals surface area contributed by atoms with Crippen LogP contribution in [0.1, 0.15) is 48.2 Å². The number of carbonyl (C=O) groups is 1. The largest absolute Gasteiger partial charge is 0.495 e. The summed E-state index contributed by atoms with van der Waals surface area (Å²) in [6, 6.07) is 7.54. The zero-order valence-electron chi connectivity index (χ0n) is 15.1. The Morgan fingerprint density at radius 1 is 1.23 bits per heavy atom. The van der Waals surface area contributed by atoms with Crippen LogP contribution in [0.25, 0.3) is 0 Å². The standard InChI is InChI=1S/C20H24ClN3O2/c1-13-10-18(19(26-2)11-16(13)21)23-15-8-9-17(22-12-15)20(25)24-14-6-4-3-5-7-14/h8-12,14,23H,3-7H2,1-2H3,(H,24,25). The average molecular weight is 374 g/mol. The van der Waals surface area contributed by atoms with Crippen molar-refractivity contribution in [2.75, 3.05) is 12.4 Å². The Bertz CT molecular complexity index is 771. The molecule has 0 spiro atoms. The van der Waals surface area contributed by atoms with E-state index in [0.29, 0.717) is 16.5 Å². The second-order valence-corrected chi connectivity index (χ2v) is 7.07. The van der Waals surface area contributed by atoms with Crippen molar-refractivity contribution < 1.29 is 9.53 Å². The molecule has 1 heterocycles. The van der Waals surface area contributed by atoms with Gasteiger partial charge in [0.1, 0.15) is 11.4 Å². The van der Waals surface area contributed by atoms with Crippen molar-refractivity contribution in [3.63, 3.8) is 0 Å². The SMILES string of the molecule is COc1cc(Cl)c(C)cc1Nc1ccc(C(=O)NC2CCCCC2)nc1. The topological polar surface area (TPSA) is 63.2 Å². The predicted octanol–water partition coefficient (Wildman–Crippen LogP) is 4.86. The lowest BCUT2D eigenvalue weighted by Gasteiger charge is -2.22. The number of amides is 1. The first-order valence-corrected chi connectivity index (χ1v) is 9.32. The number of methoxy groups -OCH3 is 1. The maximum atomic E-state index is 12.3. The van der Waals surface area contributed by atoms with E-state index in [0.717, 1.165) is 29.8 Å². The van der Waals surface area contributed by atoms with Crippen LogP contribution in [0, 0.1) is 6.92 Å². The van der Waals surface area contributed by atoms with Gasteiger partial charge in [-0.05, 0) is 43.5 Å². The van der Waals surface area contributed by atoms with E-state index in [4.69, 9.17) is 16.3 Å². The maximum Gasteiger partial charge on any atom is 0.270 e. The molecule has 26 heavy (non-hydrogen) atoms. The highest BCUT2D eigenvalue weighted by atomic mass is 35.5. The molecule has 5 nitrogen and oxygen atoms in total. The van der Waals surface area contributed by atoms with Gasteiger partial charge in [0, 0.05) is 17.1 Å². The zero-order valence-corrected chi connectivity index (χ0v) is 15.9. The highest BCUT2D eigenvalue weighted by Crippen LogP contribution is 2.32. The fourth-order valence-corrected chi connectivity index (χ4v) is 3.35. The molecule has 0 radical (unpaired) electrons. The van der Waals surface area contributed by atoms with Crippen LogP contribution in [0.2, 0.25) is 5.02 Å². The molecule has 1 saturated carbocycles. The van der Waals surface area contributed by atoms with Crippen LogP contribution in [-0.4, -0.2) is 24.0 Å². The second kappa shape index (κ2) is 8.41. The lowest BCUT2D eigenvalue weighted by atomic mass is 9.95. The number of nitrogens with one attached hydrogen (secondary N) is 2. The van der Waals surface area contributed by atoms with Crippen molar-refractivity contribution in [2.45, 2.75) is 45.1 Å². The van der Waals surface area contributed by atoms with E-state index < -0.39 is 0 Å². The third-order valence-corrected chi connectivity index (χ3v) is 5.10. The summed E-state index contributed by atoms with van der Waals surface area (Å²) in [5, 5.41) is 6.99. The minimum Gasteiger partial charge on any atom is -0.495 e. The van der Waals surface area contributed by atoms with E-state index in [2.05, 4.69) is 15.6 Å². The van der Waals surface area contributed by atoms with Crippen LogP contribution in [0.4, 0.5) is 11.4 Å². The third kappa shape index (κ3) is 4.47. The van der Waals surface area contributed by atoms with E-state index in [9.17, 15) is 4.79 Å². The number of rotatable bonds is 5. The van der Waals surface area contributed by atoms with Gasteiger partial charge in [-0.25, -0.2) is 4.98 Å². The summed E-state index contributed by atoms with van der Waals surface area (Å²) in [5.41, 5.74) is 2.96. The van der Waals surface area contributed by atoms with Gasteiger partial charge in [0.25, 0.3) is 5.91 Å². The van der Waals surface area contributed by atoms with Gasteiger partial charge in [0.15, 0.2) is 0 Å². The van der Waals surface area contributed by atoms with Crippen molar-refractivity contribution in [2.24, 2.45) is 0 Å². The number of ether oxygens (including phenoxy) is 1. The quantitative estimate of drug-likeness (QED) is 0.785. The Hall–Kier alpha value is -2.27. The lowest BCUT2D eigenvalue weighted by Crippen LogP contribution is -2.36. The van der Waals surface area contributed by atoms with Gasteiger partial charge in [-0.1, -0.05) is 30.9 Å². The molecule has 0 bridgehead atoms. The molecule has 0 aliphatic heterocycles. The normalized spacial score (nSPS) is 14.7. The minimum atomic E-state index is -0.108. The lowest BCUT2D eigenvalue weighted by molar-refractivity contribution is 0.0922. The Morgan fingerprint density at radius 3 is 2.65 bits per heavy atom. The molecule has 3 rings (SSSR count). The summed E-state index contributed by atoms with van der Waals surface area (Å²) in [5.74, 6) is 0.545. The molecule has 1 amide bonds. The number of carbonyl (C=O) groups excluding carboxylic acids is 1. The summed E-state index contributed by atoms with van der Waals surface area (Å²) in [6.07, 6.45) is 7.40. The number of benzene rings is 1. The predicted molar refractivity (Wildman–Crippen MR) is 105 cm³/mol. The number of hydrogen-bond acceptors (Lipinski definition) is 4. The van der Waals surface area contributed by atoms with Gasteiger partial charge in [-0.3, -0.25) is 4.79 Å². The van der Waals surface area contributed by atoms with E-state index in [1.165, 1.54) is 19.3 Å². The Morgan fingerprint density at radius 2 is 2.00 bits per heavy atom. The molecule has 1 aromatic heterocycles. The van der Waals surface area contributed by atoms with Crippen LogP contribution in [-0.2, 0) is 0 Å². The molecule has 0 saturated heterocycles. The van der Waals surface area contributed by atoms with E-state index in [-0.39, 0.29) is 11.9 Å². The van der Waals surface area contributed by atoms with Crippen LogP contribution in [0.3, 0.4) is 0 Å². The molecule has 1 aliphatic rings. The van der Waals surface area contributed by atoms with Crippen molar-refractivity contribution in [3.05, 3.63) is 46.7 Å². The fourth-order valence-electron chi connectivity index (χ4n) is 3.19. The summed E-state index contributed by atoms with van der Waals surface area (Å²) >= 11 is 6.14. The van der Waals surface area contributed by atoms with Crippen LogP contribution in [0.15, 0.2) is 30.5 Å². The first kappa shape index (κ1) is 18.5. The third-order valence-electron chi connectivity index (χ3n) is 4.70. The number of aryl methyl sites for hydroxylation is 1. The van der Waals surface area contributed by atoms with Gasteiger partial charge < -0.3 is 15.4 Å². The summed E-state index contributed by atoms with van der Waals surface area (Å²) in [4.78, 5) is 16.6. The van der Waals surface area contributed by atoms with Crippen LogP contribution in [0.5, 0.6) is 5.75 Å². The molecule has 6 heteroatoms. The molecular formula is C20H24ClN3O2. The summed E-state index contributed by atoms with van der Waals surface area (Å²) < 4.78 is 5.37. The molecule has 0 atom stereocenters. The molecule has 1 aromatic carbocycles. The molecule has 2 aromatic rings. The number of nitrogens with zero attached hydrogens (tertiary/aromatic N) is 1. The fraction of sp³-hybridized carbons (Fsp3) is 0.400. The van der Waals surface area contributed by atoms with Gasteiger partial charge in [-0.15, -0.1) is 0 Å². The Kier molecular flexibility index (Phi) is 5.99. The highest BCUT2D eigenvalue weighted by Gasteiger charge is 2.17. The van der Waals surface area contributed by atoms with Gasteiger partial charge in [0.05, 0.1) is 24.7 Å². The first-order chi connectivity index (χ1) is 12.6. The van der Waals surface area contributed by atoms with E-state index in [1.807, 2.05) is 19.1 Å². The van der Waals surface area contributed by atoms with E-state index >= 15 is 0 Å². The van der Waals surface area contributed by atoms with Gasteiger partial charge in [0.2, 0.25) is 0 Å². The van der Waals surface area contributed by atoms with Crippen molar-refractivity contribution in [1.82, 2.24) is 10.3 Å². The highest BCUT2D eigenvalue weighted by molar-refractivity contribution is 6.31. The maximum absolute atomic E-state index is 12.3. The number of hydrogen-bond donors (Lipinski definition) is 2. The molecule has 138 valence electrons. The summed E-state index contributed by atoms with van der Waals surface area (Å²) in [6.45, 7) is 1.93. The van der Waals surface area contributed by atoms with E-state index in [1.54, 1.807) is 25.4 Å². The first-order valence-electron chi connectivity index (χ1n) is 8.95. The Labute approximate surface area is 159 Å². The number of halogens is 1. The summed E-state index contributed by atoms with van der Waals surface area (Å²) in [7, 11) is 1.60. The number of anilines is 2. The van der Waals surface area contributed by atoms with Crippen molar-refractivity contribution in [3.8, 4) is 5.75 Å². The van der Waals surface area contributed by atoms with Gasteiger partial charge >= 0.3 is 0 Å². The Balaban J connectivity index is 1.68. The monoisotopic (exact) mass is 373 g/mol.